The van der Waals surface area contributed by atoms with Gasteiger partial charge < -0.3 is 4.74 Å². The molecule has 1 aliphatic rings. The van der Waals surface area contributed by atoms with Crippen LogP contribution in [0, 0.1) is 10.9 Å². The number of hydrogen-bond acceptors (Lipinski definition) is 6. The Bertz CT molecular complexity index is 1160. The van der Waals surface area contributed by atoms with Crippen LogP contribution in [0.25, 0.3) is 0 Å². The fourth-order valence-corrected chi connectivity index (χ4v) is 5.01. The van der Waals surface area contributed by atoms with Gasteiger partial charge in [-0.05, 0) is 49.2 Å². The number of thiazole rings is 1. The van der Waals surface area contributed by atoms with Crippen LogP contribution in [0.4, 0.5) is 13.9 Å². The first-order valence-corrected chi connectivity index (χ1v) is 11.4. The van der Waals surface area contributed by atoms with Gasteiger partial charge in [0.2, 0.25) is 6.10 Å². The number of halogens is 2. The van der Waals surface area contributed by atoms with Crippen LogP contribution in [0.5, 0.6) is 5.75 Å². The molecule has 156 valence electrons. The topological polar surface area (TPSA) is 85.4 Å². The Morgan fingerprint density at radius 3 is 2.33 bits per heavy atom. The molecule has 1 aromatic heterocycles. The number of benzene rings is 2. The van der Waals surface area contributed by atoms with Crippen LogP contribution in [0.2, 0.25) is 0 Å². The molecule has 1 unspecified atom stereocenters. The van der Waals surface area contributed by atoms with Crippen molar-refractivity contribution >= 4 is 32.2 Å². The van der Waals surface area contributed by atoms with E-state index < -0.39 is 32.8 Å². The van der Waals surface area contributed by atoms with Crippen molar-refractivity contribution < 1.29 is 26.7 Å². The lowest BCUT2D eigenvalue weighted by molar-refractivity contribution is -0.123. The molecular weight excluding hydrogens is 434 g/mol. The van der Waals surface area contributed by atoms with E-state index in [1.165, 1.54) is 48.5 Å². The molecule has 1 fully saturated rings. The Morgan fingerprint density at radius 2 is 1.77 bits per heavy atom. The molecule has 1 amide bonds. The maximum absolute atomic E-state index is 13.2. The van der Waals surface area contributed by atoms with E-state index in [0.29, 0.717) is 29.7 Å². The van der Waals surface area contributed by atoms with E-state index in [1.54, 1.807) is 0 Å². The van der Waals surface area contributed by atoms with Crippen LogP contribution in [0.3, 0.4) is 0 Å². The van der Waals surface area contributed by atoms with Gasteiger partial charge in [-0.3, -0.25) is 10.1 Å². The predicted octanol–water partition coefficient (Wildman–Crippen LogP) is 4.12. The number of anilines is 1. The number of aromatic nitrogens is 1. The summed E-state index contributed by atoms with van der Waals surface area (Å²) in [7, 11) is -3.37. The summed E-state index contributed by atoms with van der Waals surface area (Å²) in [6.07, 6.45) is 1.08. The van der Waals surface area contributed by atoms with Gasteiger partial charge in [0.25, 0.3) is 5.91 Å². The molecule has 30 heavy (non-hydrogen) atoms. The van der Waals surface area contributed by atoms with Gasteiger partial charge >= 0.3 is 0 Å². The van der Waals surface area contributed by atoms with E-state index in [1.807, 2.05) is 0 Å². The first-order valence-electron chi connectivity index (χ1n) is 9.01. The van der Waals surface area contributed by atoms with Gasteiger partial charge in [-0.2, -0.15) is 4.39 Å². The average molecular weight is 450 g/mol. The number of carbonyl (C=O) groups is 1. The predicted molar refractivity (Wildman–Crippen MR) is 107 cm³/mol. The second-order valence-corrected chi connectivity index (χ2v) is 9.93. The van der Waals surface area contributed by atoms with E-state index in [9.17, 15) is 22.0 Å². The molecule has 1 N–H and O–H groups in total. The van der Waals surface area contributed by atoms with E-state index in [-0.39, 0.29) is 21.0 Å². The third-order valence-electron chi connectivity index (χ3n) is 4.49. The molecule has 6 nitrogen and oxygen atoms in total. The number of sulfone groups is 1. The Hall–Kier alpha value is -2.85. The first kappa shape index (κ1) is 20.4. The fraction of sp³-hybridized carbons (Fsp3) is 0.200. The monoisotopic (exact) mass is 450 g/mol. The number of rotatable bonds is 7. The lowest BCUT2D eigenvalue weighted by atomic mass is 10.1. The number of carbonyl (C=O) groups excluding carboxylic acids is 1. The van der Waals surface area contributed by atoms with Crippen molar-refractivity contribution in [2.45, 2.75) is 29.1 Å². The molecule has 0 bridgehead atoms. The zero-order valence-corrected chi connectivity index (χ0v) is 17.1. The van der Waals surface area contributed by atoms with Crippen LogP contribution in [0.1, 0.15) is 24.5 Å². The molecule has 0 radical (unpaired) electrons. The van der Waals surface area contributed by atoms with Gasteiger partial charge in [0, 0.05) is 5.56 Å². The molecule has 2 aromatic carbocycles. The quantitative estimate of drug-likeness (QED) is 0.585. The molecule has 1 saturated carbocycles. The van der Waals surface area contributed by atoms with E-state index >= 15 is 0 Å². The van der Waals surface area contributed by atoms with Crippen LogP contribution in [0.15, 0.2) is 59.6 Å². The highest BCUT2D eigenvalue weighted by molar-refractivity contribution is 7.92. The molecule has 0 spiro atoms. The van der Waals surface area contributed by atoms with E-state index in [0.717, 1.165) is 6.20 Å². The van der Waals surface area contributed by atoms with Crippen molar-refractivity contribution in [2.24, 2.45) is 0 Å². The molecule has 0 saturated heterocycles. The Balaban J connectivity index is 1.61. The second kappa shape index (κ2) is 8.11. The molecular formula is C20H16F2N2O4S2. The largest absolute Gasteiger partial charge is 0.476 e. The number of hydrogen-bond donors (Lipinski definition) is 1. The summed E-state index contributed by atoms with van der Waals surface area (Å²) < 4.78 is 56.9. The molecule has 4 rings (SSSR count). The minimum Gasteiger partial charge on any atom is -0.476 e. The van der Waals surface area contributed by atoms with Gasteiger partial charge in [-0.15, -0.1) is 0 Å². The van der Waals surface area contributed by atoms with Crippen LogP contribution in [-0.2, 0) is 14.6 Å². The van der Waals surface area contributed by atoms with Crippen molar-refractivity contribution in [3.8, 4) is 5.75 Å². The van der Waals surface area contributed by atoms with Crippen molar-refractivity contribution in [2.75, 3.05) is 5.32 Å². The van der Waals surface area contributed by atoms with Crippen LogP contribution in [-0.4, -0.2) is 24.6 Å². The van der Waals surface area contributed by atoms with Crippen molar-refractivity contribution in [3.05, 3.63) is 71.2 Å². The van der Waals surface area contributed by atoms with E-state index in [4.69, 9.17) is 4.74 Å². The minimum atomic E-state index is -3.37. The summed E-state index contributed by atoms with van der Waals surface area (Å²) in [5.74, 6) is -0.862. The summed E-state index contributed by atoms with van der Waals surface area (Å²) in [6, 6.07) is 10.9. The number of nitrogens with zero attached hydrogens (tertiary/aromatic N) is 1. The highest BCUT2D eigenvalue weighted by Gasteiger charge is 2.37. The van der Waals surface area contributed by atoms with Gasteiger partial charge in [0.1, 0.15) is 11.6 Å². The highest BCUT2D eigenvalue weighted by Crippen LogP contribution is 2.34. The van der Waals surface area contributed by atoms with Crippen molar-refractivity contribution in [1.82, 2.24) is 4.98 Å². The summed E-state index contributed by atoms with van der Waals surface area (Å²) in [6.45, 7) is 0. The molecule has 0 aliphatic heterocycles. The first-order chi connectivity index (χ1) is 14.3. The second-order valence-electron chi connectivity index (χ2n) is 6.72. The number of amides is 1. The van der Waals surface area contributed by atoms with Gasteiger partial charge in [0.15, 0.2) is 20.1 Å². The Morgan fingerprint density at radius 1 is 1.10 bits per heavy atom. The van der Waals surface area contributed by atoms with Gasteiger partial charge in [-0.25, -0.2) is 17.8 Å². The third kappa shape index (κ3) is 4.49. The lowest BCUT2D eigenvalue weighted by Crippen LogP contribution is -2.25. The molecule has 1 heterocycles. The fourth-order valence-electron chi connectivity index (χ4n) is 2.81. The third-order valence-corrected chi connectivity index (χ3v) is 7.47. The standard InChI is InChI=1S/C20H16F2N2O4S2/c21-13-3-5-14(6-4-13)28-18(19(25)24-20-23-11-17(22)29-20)12-1-7-15(8-2-12)30(26,27)16-9-10-16/h1-8,11,16,18H,9-10H2,(H,23,24,25). The van der Waals surface area contributed by atoms with E-state index in [2.05, 4.69) is 10.3 Å². The van der Waals surface area contributed by atoms with Crippen molar-refractivity contribution in [3.63, 3.8) is 0 Å². The molecule has 1 atom stereocenters. The Labute approximate surface area is 175 Å². The maximum Gasteiger partial charge on any atom is 0.271 e. The summed E-state index contributed by atoms with van der Waals surface area (Å²) in [4.78, 5) is 16.7. The van der Waals surface area contributed by atoms with Crippen LogP contribution < -0.4 is 10.1 Å². The number of ether oxygens (including phenoxy) is 1. The molecule has 3 aromatic rings. The minimum absolute atomic E-state index is 0.0538. The summed E-state index contributed by atoms with van der Waals surface area (Å²) in [5, 5.41) is 1.62. The normalized spacial score (nSPS) is 14.9. The SMILES string of the molecule is O=C(Nc1ncc(F)s1)C(Oc1ccc(F)cc1)c1ccc(S(=O)(=O)C2CC2)cc1. The zero-order chi connectivity index (χ0) is 21.3. The van der Waals surface area contributed by atoms with Gasteiger partial charge in [-0.1, -0.05) is 23.5 Å². The molecule has 1 aliphatic carbocycles. The summed E-state index contributed by atoms with van der Waals surface area (Å²) >= 11 is 0.659. The average Bonchev–Trinajstić information content (AvgIpc) is 3.51. The zero-order valence-electron chi connectivity index (χ0n) is 15.4. The highest BCUT2D eigenvalue weighted by atomic mass is 32.2. The van der Waals surface area contributed by atoms with Gasteiger partial charge in [0.05, 0.1) is 16.3 Å². The number of nitrogens with one attached hydrogen (secondary N) is 1. The lowest BCUT2D eigenvalue weighted by Gasteiger charge is -2.19. The Kier molecular flexibility index (Phi) is 5.52. The maximum atomic E-state index is 13.2. The smallest absolute Gasteiger partial charge is 0.271 e. The van der Waals surface area contributed by atoms with Crippen molar-refractivity contribution in [1.29, 1.82) is 0 Å². The summed E-state index contributed by atoms with van der Waals surface area (Å²) in [5.41, 5.74) is 0.378. The molecule has 10 heteroatoms. The van der Waals surface area contributed by atoms with Crippen LogP contribution >= 0.6 is 11.3 Å².